The van der Waals surface area contributed by atoms with Crippen LogP contribution in [0.25, 0.3) is 0 Å². The van der Waals surface area contributed by atoms with E-state index in [2.05, 4.69) is 38.1 Å². The van der Waals surface area contributed by atoms with Gasteiger partial charge in [-0.25, -0.2) is 4.98 Å². The van der Waals surface area contributed by atoms with Gasteiger partial charge in [-0.05, 0) is 46.6 Å². The number of rotatable bonds is 3. The van der Waals surface area contributed by atoms with Crippen LogP contribution in [0.15, 0.2) is 41.3 Å². The summed E-state index contributed by atoms with van der Waals surface area (Å²) in [5.41, 5.74) is 1.96. The van der Waals surface area contributed by atoms with E-state index in [0.717, 1.165) is 15.7 Å². The first-order chi connectivity index (χ1) is 8.16. The lowest BCUT2D eigenvalue weighted by Gasteiger charge is -2.16. The van der Waals surface area contributed by atoms with Crippen molar-refractivity contribution in [3.05, 3.63) is 52.0 Å². The lowest BCUT2D eigenvalue weighted by molar-refractivity contribution is 0.879. The van der Waals surface area contributed by atoms with E-state index in [0.29, 0.717) is 5.15 Å². The molecule has 0 aromatic carbocycles. The number of nitrogens with zero attached hydrogens (tertiary/aromatic N) is 2. The van der Waals surface area contributed by atoms with Gasteiger partial charge in [0, 0.05) is 29.1 Å². The first-order valence-electron chi connectivity index (χ1n) is 5.14. The quantitative estimate of drug-likeness (QED) is 0.868. The maximum atomic E-state index is 6.02. The Bertz CT molecular complexity index is 504. The highest BCUT2D eigenvalue weighted by Gasteiger charge is 2.08. The fourth-order valence-corrected chi connectivity index (χ4v) is 1.98. The molecule has 2 heterocycles. The molecule has 0 saturated carbocycles. The van der Waals surface area contributed by atoms with Crippen LogP contribution in [-0.4, -0.2) is 9.97 Å². The molecule has 2 rings (SSSR count). The van der Waals surface area contributed by atoms with Gasteiger partial charge in [-0.3, -0.25) is 4.98 Å². The molecule has 5 heteroatoms. The van der Waals surface area contributed by atoms with Crippen molar-refractivity contribution in [2.75, 3.05) is 5.32 Å². The van der Waals surface area contributed by atoms with Gasteiger partial charge in [-0.1, -0.05) is 11.6 Å². The third-order valence-electron chi connectivity index (χ3n) is 2.38. The van der Waals surface area contributed by atoms with E-state index in [-0.39, 0.29) is 6.04 Å². The maximum Gasteiger partial charge on any atom is 0.152 e. The number of hydrogen-bond acceptors (Lipinski definition) is 3. The van der Waals surface area contributed by atoms with Crippen molar-refractivity contribution in [2.45, 2.75) is 13.0 Å². The van der Waals surface area contributed by atoms with Crippen molar-refractivity contribution < 1.29 is 0 Å². The molecule has 2 aromatic heterocycles. The minimum atomic E-state index is 0.145. The van der Waals surface area contributed by atoms with E-state index in [1.54, 1.807) is 18.6 Å². The highest BCUT2D eigenvalue weighted by molar-refractivity contribution is 9.10. The average Bonchev–Trinajstić information content (AvgIpc) is 2.35. The highest BCUT2D eigenvalue weighted by atomic mass is 79.9. The molecule has 0 bridgehead atoms. The van der Waals surface area contributed by atoms with E-state index >= 15 is 0 Å². The predicted molar refractivity (Wildman–Crippen MR) is 73.2 cm³/mol. The van der Waals surface area contributed by atoms with Gasteiger partial charge < -0.3 is 5.32 Å². The molecule has 0 amide bonds. The molecule has 2 aromatic rings. The second-order valence-corrected chi connectivity index (χ2v) is 4.91. The van der Waals surface area contributed by atoms with Gasteiger partial charge in [-0.15, -0.1) is 0 Å². The molecule has 1 unspecified atom stereocenters. The normalized spacial score (nSPS) is 12.2. The number of aromatic nitrogens is 2. The van der Waals surface area contributed by atoms with Gasteiger partial charge >= 0.3 is 0 Å². The Morgan fingerprint density at radius 3 is 2.76 bits per heavy atom. The highest BCUT2D eigenvalue weighted by Crippen LogP contribution is 2.26. The molecule has 0 fully saturated rings. The van der Waals surface area contributed by atoms with Crippen molar-refractivity contribution >= 4 is 33.2 Å². The van der Waals surface area contributed by atoms with Crippen LogP contribution in [0.2, 0.25) is 5.15 Å². The monoisotopic (exact) mass is 311 g/mol. The standard InChI is InChI=1S/C12H11BrClN3/c1-8(9-2-4-15-5-3-9)17-11-6-10(13)7-16-12(11)14/h2-8,17H,1H3. The summed E-state index contributed by atoms with van der Waals surface area (Å²) in [5.74, 6) is 0. The Kier molecular flexibility index (Phi) is 3.97. The van der Waals surface area contributed by atoms with Crippen molar-refractivity contribution in [2.24, 2.45) is 0 Å². The zero-order chi connectivity index (χ0) is 12.3. The molecule has 0 saturated heterocycles. The predicted octanol–water partition coefficient (Wildman–Crippen LogP) is 4.07. The molecule has 0 aliphatic rings. The largest absolute Gasteiger partial charge is 0.376 e. The van der Waals surface area contributed by atoms with Gasteiger partial charge in [0.1, 0.15) is 0 Å². The van der Waals surface area contributed by atoms with E-state index in [9.17, 15) is 0 Å². The number of hydrogen-bond donors (Lipinski definition) is 1. The van der Waals surface area contributed by atoms with E-state index in [1.807, 2.05) is 18.2 Å². The molecule has 88 valence electrons. The van der Waals surface area contributed by atoms with Crippen LogP contribution in [0.1, 0.15) is 18.5 Å². The van der Waals surface area contributed by atoms with E-state index in [4.69, 9.17) is 11.6 Å². The second-order valence-electron chi connectivity index (χ2n) is 3.64. The first-order valence-corrected chi connectivity index (χ1v) is 6.31. The van der Waals surface area contributed by atoms with Gasteiger partial charge in [-0.2, -0.15) is 0 Å². The van der Waals surface area contributed by atoms with Gasteiger partial charge in [0.05, 0.1) is 5.69 Å². The number of anilines is 1. The lowest BCUT2D eigenvalue weighted by Crippen LogP contribution is -2.07. The zero-order valence-electron chi connectivity index (χ0n) is 9.19. The molecule has 0 spiro atoms. The number of halogens is 2. The Balaban J connectivity index is 2.18. The van der Waals surface area contributed by atoms with E-state index < -0.39 is 0 Å². The molecule has 0 radical (unpaired) electrons. The fraction of sp³-hybridized carbons (Fsp3) is 0.167. The second kappa shape index (κ2) is 5.47. The lowest BCUT2D eigenvalue weighted by atomic mass is 10.1. The average molecular weight is 313 g/mol. The topological polar surface area (TPSA) is 37.8 Å². The van der Waals surface area contributed by atoms with Crippen LogP contribution in [0, 0.1) is 0 Å². The molecule has 17 heavy (non-hydrogen) atoms. The number of pyridine rings is 2. The Labute approximate surface area is 113 Å². The molecule has 0 aliphatic carbocycles. The third-order valence-corrected chi connectivity index (χ3v) is 3.12. The first kappa shape index (κ1) is 12.3. The summed E-state index contributed by atoms with van der Waals surface area (Å²) in [6, 6.07) is 5.99. The van der Waals surface area contributed by atoms with E-state index in [1.165, 1.54) is 0 Å². The summed E-state index contributed by atoms with van der Waals surface area (Å²) in [5, 5.41) is 3.78. The fourth-order valence-electron chi connectivity index (χ4n) is 1.49. The van der Waals surface area contributed by atoms with Gasteiger partial charge in [0.2, 0.25) is 0 Å². The van der Waals surface area contributed by atoms with Crippen LogP contribution < -0.4 is 5.32 Å². The summed E-state index contributed by atoms with van der Waals surface area (Å²) < 4.78 is 0.895. The van der Waals surface area contributed by atoms with Gasteiger partial charge in [0.15, 0.2) is 5.15 Å². The summed E-state index contributed by atoms with van der Waals surface area (Å²) >= 11 is 9.39. The molecule has 1 atom stereocenters. The maximum absolute atomic E-state index is 6.02. The van der Waals surface area contributed by atoms with Crippen LogP contribution in [-0.2, 0) is 0 Å². The Morgan fingerprint density at radius 2 is 2.06 bits per heavy atom. The summed E-state index contributed by atoms with van der Waals surface area (Å²) in [6.45, 7) is 2.06. The van der Waals surface area contributed by atoms with Crippen molar-refractivity contribution in [1.82, 2.24) is 9.97 Å². The summed E-state index contributed by atoms with van der Waals surface area (Å²) in [7, 11) is 0. The SMILES string of the molecule is CC(Nc1cc(Br)cnc1Cl)c1ccncc1. The molecular formula is C12H11BrClN3. The molecule has 3 nitrogen and oxygen atoms in total. The molecule has 1 N–H and O–H groups in total. The van der Waals surface area contributed by atoms with Crippen LogP contribution in [0.4, 0.5) is 5.69 Å². The smallest absolute Gasteiger partial charge is 0.152 e. The minimum absolute atomic E-state index is 0.145. The zero-order valence-corrected chi connectivity index (χ0v) is 11.5. The molecule has 0 aliphatic heterocycles. The van der Waals surface area contributed by atoms with Crippen molar-refractivity contribution in [3.8, 4) is 0 Å². The Morgan fingerprint density at radius 1 is 1.35 bits per heavy atom. The van der Waals surface area contributed by atoms with Gasteiger partial charge in [0.25, 0.3) is 0 Å². The summed E-state index contributed by atoms with van der Waals surface area (Å²) in [6.07, 6.45) is 5.22. The third kappa shape index (κ3) is 3.17. The number of nitrogens with one attached hydrogen (secondary N) is 1. The van der Waals surface area contributed by atoms with Crippen LogP contribution in [0.5, 0.6) is 0 Å². The molecular weight excluding hydrogens is 302 g/mol. The van der Waals surface area contributed by atoms with Crippen molar-refractivity contribution in [3.63, 3.8) is 0 Å². The van der Waals surface area contributed by atoms with Crippen LogP contribution in [0.3, 0.4) is 0 Å². The van der Waals surface area contributed by atoms with Crippen molar-refractivity contribution in [1.29, 1.82) is 0 Å². The minimum Gasteiger partial charge on any atom is -0.376 e. The van der Waals surface area contributed by atoms with Crippen LogP contribution >= 0.6 is 27.5 Å². The summed E-state index contributed by atoms with van der Waals surface area (Å²) in [4.78, 5) is 8.06. The Hall–Kier alpha value is -1.13.